The van der Waals surface area contributed by atoms with Crippen molar-refractivity contribution < 1.29 is 24.5 Å². The molecule has 0 aromatic heterocycles. The van der Waals surface area contributed by atoms with Crippen LogP contribution in [-0.4, -0.2) is 47.4 Å². The van der Waals surface area contributed by atoms with Crippen LogP contribution in [0.5, 0.6) is 0 Å². The van der Waals surface area contributed by atoms with Gasteiger partial charge in [0.15, 0.2) is 0 Å². The third-order valence-electron chi connectivity index (χ3n) is 13.4. The second-order valence-corrected chi connectivity index (χ2v) is 20.0. The maximum atomic E-state index is 12.5. The lowest BCUT2D eigenvalue weighted by Gasteiger charge is -2.20. The third kappa shape index (κ3) is 51.5. The monoisotopic (exact) mass is 928 g/mol. The Balaban J connectivity index is 3.49. The first kappa shape index (κ1) is 64.1. The summed E-state index contributed by atoms with van der Waals surface area (Å²) in [6, 6.07) is -0.637. The van der Waals surface area contributed by atoms with Gasteiger partial charge in [0.25, 0.3) is 0 Å². The zero-order chi connectivity index (χ0) is 47.9. The van der Waals surface area contributed by atoms with E-state index in [2.05, 4.69) is 43.5 Å². The van der Waals surface area contributed by atoms with Crippen LogP contribution in [0.25, 0.3) is 0 Å². The van der Waals surface area contributed by atoms with Crippen LogP contribution in [0.3, 0.4) is 0 Å². The summed E-state index contributed by atoms with van der Waals surface area (Å²) in [6.07, 6.45) is 68.7. The Labute approximate surface area is 411 Å². The van der Waals surface area contributed by atoms with Crippen LogP contribution in [0.4, 0.5) is 0 Å². The van der Waals surface area contributed by atoms with Crippen LogP contribution < -0.4 is 5.32 Å². The molecule has 6 heteroatoms. The molecule has 0 bridgehead atoms. The highest BCUT2D eigenvalue weighted by atomic mass is 16.5. The highest BCUT2D eigenvalue weighted by Crippen LogP contribution is 2.17. The Hall–Kier alpha value is -1.92. The largest absolute Gasteiger partial charge is 0.466 e. The number of esters is 1. The SMILES string of the molecule is CCCCC/C=C\C/C=C\CCCCCCCC(=O)OCCCCCCCCCCCCCCCCC(=O)NC(CO)C(O)/C=C/CCCCCCCCCCCCCCCCCCCC. The van der Waals surface area contributed by atoms with E-state index in [1.807, 2.05) is 6.08 Å². The highest BCUT2D eigenvalue weighted by molar-refractivity contribution is 5.76. The Morgan fingerprint density at radius 2 is 0.758 bits per heavy atom. The lowest BCUT2D eigenvalue weighted by Crippen LogP contribution is -2.45. The van der Waals surface area contributed by atoms with E-state index in [-0.39, 0.29) is 18.5 Å². The van der Waals surface area contributed by atoms with Gasteiger partial charge in [-0.3, -0.25) is 9.59 Å². The van der Waals surface area contributed by atoms with Crippen molar-refractivity contribution in [1.82, 2.24) is 5.32 Å². The highest BCUT2D eigenvalue weighted by Gasteiger charge is 2.18. The second-order valence-electron chi connectivity index (χ2n) is 20.0. The topological polar surface area (TPSA) is 95.9 Å². The summed E-state index contributed by atoms with van der Waals surface area (Å²) in [5.41, 5.74) is 0. The van der Waals surface area contributed by atoms with E-state index >= 15 is 0 Å². The fourth-order valence-corrected chi connectivity index (χ4v) is 8.90. The molecule has 66 heavy (non-hydrogen) atoms. The number of aliphatic hydroxyl groups excluding tert-OH is 2. The number of carbonyl (C=O) groups is 2. The standard InChI is InChI=1S/C60H113NO5/c1-3-5-7-9-11-13-15-17-19-20-21-22-23-25-28-32-36-40-44-48-52-58(63)57(56-62)61-59(64)53-49-45-41-37-33-29-26-27-31-35-39-43-47-51-55-66-60(65)54-50-46-42-38-34-30-24-18-16-14-12-10-8-6-4-2/h12,14,18,24,48,52,57-58,62-63H,3-11,13,15-17,19-23,25-47,49-51,53-56H2,1-2H3,(H,61,64)/b14-12-,24-18-,52-48+. The predicted octanol–water partition coefficient (Wildman–Crippen LogP) is 18.0. The summed E-state index contributed by atoms with van der Waals surface area (Å²) in [5, 5.41) is 23.2. The van der Waals surface area contributed by atoms with E-state index in [1.165, 1.54) is 218 Å². The number of amides is 1. The first-order chi connectivity index (χ1) is 32.5. The van der Waals surface area contributed by atoms with Crippen LogP contribution in [0.1, 0.15) is 309 Å². The molecule has 0 spiro atoms. The van der Waals surface area contributed by atoms with Gasteiger partial charge in [0, 0.05) is 12.8 Å². The van der Waals surface area contributed by atoms with Crippen molar-refractivity contribution in [3.8, 4) is 0 Å². The molecule has 1 amide bonds. The van der Waals surface area contributed by atoms with Crippen LogP contribution in [0.2, 0.25) is 0 Å². The zero-order valence-electron chi connectivity index (χ0n) is 44.2. The lowest BCUT2D eigenvalue weighted by atomic mass is 10.0. The van der Waals surface area contributed by atoms with Gasteiger partial charge in [-0.2, -0.15) is 0 Å². The average Bonchev–Trinajstić information content (AvgIpc) is 3.32. The molecule has 0 heterocycles. The summed E-state index contributed by atoms with van der Waals surface area (Å²) in [7, 11) is 0. The Kier molecular flexibility index (Phi) is 54.1. The van der Waals surface area contributed by atoms with Crippen molar-refractivity contribution in [2.45, 2.75) is 321 Å². The van der Waals surface area contributed by atoms with Gasteiger partial charge in [-0.05, 0) is 64.2 Å². The number of hydrogen-bond acceptors (Lipinski definition) is 5. The maximum Gasteiger partial charge on any atom is 0.305 e. The number of unbranched alkanes of at least 4 members (excludes halogenated alkanes) is 39. The molecule has 0 aromatic rings. The molecule has 0 radical (unpaired) electrons. The van der Waals surface area contributed by atoms with E-state index < -0.39 is 12.1 Å². The van der Waals surface area contributed by atoms with Crippen molar-refractivity contribution >= 4 is 11.9 Å². The number of hydrogen-bond donors (Lipinski definition) is 3. The van der Waals surface area contributed by atoms with Gasteiger partial charge in [-0.25, -0.2) is 0 Å². The summed E-state index contributed by atoms with van der Waals surface area (Å²) >= 11 is 0. The van der Waals surface area contributed by atoms with Gasteiger partial charge in [-0.1, -0.05) is 269 Å². The molecule has 0 saturated heterocycles. The molecule has 388 valence electrons. The zero-order valence-corrected chi connectivity index (χ0v) is 44.2. The smallest absolute Gasteiger partial charge is 0.305 e. The molecule has 3 N–H and O–H groups in total. The molecule has 6 nitrogen and oxygen atoms in total. The van der Waals surface area contributed by atoms with Gasteiger partial charge in [-0.15, -0.1) is 0 Å². The molecular formula is C60H113NO5. The first-order valence-electron chi connectivity index (χ1n) is 29.3. The minimum Gasteiger partial charge on any atom is -0.466 e. The molecule has 0 fully saturated rings. The van der Waals surface area contributed by atoms with Crippen LogP contribution >= 0.6 is 0 Å². The second kappa shape index (κ2) is 55.7. The molecule has 2 atom stereocenters. The van der Waals surface area contributed by atoms with Crippen LogP contribution in [0, 0.1) is 0 Å². The van der Waals surface area contributed by atoms with Crippen LogP contribution in [-0.2, 0) is 14.3 Å². The normalized spacial score (nSPS) is 12.8. The number of nitrogens with one attached hydrogen (secondary N) is 1. The summed E-state index contributed by atoms with van der Waals surface area (Å²) in [5.74, 6) is -0.0945. The quantitative estimate of drug-likeness (QED) is 0.0321. The molecule has 0 aliphatic heterocycles. The van der Waals surface area contributed by atoms with Crippen molar-refractivity contribution in [3.05, 3.63) is 36.5 Å². The van der Waals surface area contributed by atoms with E-state index in [1.54, 1.807) is 6.08 Å². The Bertz CT molecular complexity index is 1070. The van der Waals surface area contributed by atoms with Crippen molar-refractivity contribution in [3.63, 3.8) is 0 Å². The van der Waals surface area contributed by atoms with Gasteiger partial charge in [0.05, 0.1) is 25.4 Å². The van der Waals surface area contributed by atoms with Gasteiger partial charge in [0.1, 0.15) is 0 Å². The molecular weight excluding hydrogens is 815 g/mol. The van der Waals surface area contributed by atoms with E-state index in [0.29, 0.717) is 19.4 Å². The van der Waals surface area contributed by atoms with E-state index in [0.717, 1.165) is 64.2 Å². The number of carbonyl (C=O) groups excluding carboxylic acids is 2. The van der Waals surface area contributed by atoms with Crippen molar-refractivity contribution in [2.75, 3.05) is 13.2 Å². The fraction of sp³-hybridized carbons (Fsp3) is 0.867. The number of ether oxygens (including phenoxy) is 1. The minimum absolute atomic E-state index is 0.0173. The van der Waals surface area contributed by atoms with E-state index in [4.69, 9.17) is 4.74 Å². The molecule has 0 saturated carbocycles. The summed E-state index contributed by atoms with van der Waals surface area (Å²) in [4.78, 5) is 24.5. The van der Waals surface area contributed by atoms with Crippen molar-refractivity contribution in [2.24, 2.45) is 0 Å². The Morgan fingerprint density at radius 1 is 0.424 bits per heavy atom. The molecule has 0 rings (SSSR count). The van der Waals surface area contributed by atoms with Crippen LogP contribution in [0.15, 0.2) is 36.5 Å². The molecule has 0 aliphatic carbocycles. The lowest BCUT2D eigenvalue weighted by molar-refractivity contribution is -0.143. The minimum atomic E-state index is -0.853. The third-order valence-corrected chi connectivity index (χ3v) is 13.4. The number of allylic oxidation sites excluding steroid dienone is 5. The molecule has 2 unspecified atom stereocenters. The Morgan fingerprint density at radius 3 is 1.18 bits per heavy atom. The van der Waals surface area contributed by atoms with Crippen molar-refractivity contribution in [1.29, 1.82) is 0 Å². The molecule has 0 aliphatic rings. The maximum absolute atomic E-state index is 12.5. The summed E-state index contributed by atoms with van der Waals surface area (Å²) < 4.78 is 5.46. The average molecular weight is 929 g/mol. The number of aliphatic hydroxyl groups is 2. The van der Waals surface area contributed by atoms with Gasteiger partial charge >= 0.3 is 5.97 Å². The van der Waals surface area contributed by atoms with Gasteiger partial charge in [0.2, 0.25) is 5.91 Å². The molecule has 0 aromatic carbocycles. The van der Waals surface area contributed by atoms with E-state index in [9.17, 15) is 19.8 Å². The number of rotatable bonds is 54. The fourth-order valence-electron chi connectivity index (χ4n) is 8.90. The summed E-state index contributed by atoms with van der Waals surface area (Å²) in [6.45, 7) is 4.86. The predicted molar refractivity (Wildman–Crippen MR) is 287 cm³/mol. The first-order valence-corrected chi connectivity index (χ1v) is 29.3. The van der Waals surface area contributed by atoms with Gasteiger partial charge < -0.3 is 20.3 Å².